The maximum atomic E-state index is 12.0. The summed E-state index contributed by atoms with van der Waals surface area (Å²) < 4.78 is 2.15. The van der Waals surface area contributed by atoms with E-state index in [1.54, 1.807) is 34.4 Å². The molecule has 0 saturated carbocycles. The number of carbonyl (C=O) groups is 1. The Balaban J connectivity index is 1.65. The van der Waals surface area contributed by atoms with E-state index >= 15 is 0 Å². The number of benzene rings is 1. The molecule has 0 bridgehead atoms. The predicted molar refractivity (Wildman–Crippen MR) is 92.7 cm³/mol. The van der Waals surface area contributed by atoms with Crippen LogP contribution in [0.2, 0.25) is 0 Å². The molecular formula is C15H14N2OS3. The highest BCUT2D eigenvalue weighted by atomic mass is 32.2. The van der Waals surface area contributed by atoms with Crippen LogP contribution in [0.4, 0.5) is 5.69 Å². The molecule has 0 fully saturated rings. The van der Waals surface area contributed by atoms with E-state index in [2.05, 4.69) is 21.7 Å². The van der Waals surface area contributed by atoms with Gasteiger partial charge < -0.3 is 5.32 Å². The Labute approximate surface area is 135 Å². The monoisotopic (exact) mass is 334 g/mol. The standard InChI is InChI=1S/C15H14N2OS3/c1-19-15-17-12-4-3-11(8-13(12)21-15)16-14(18)5-2-10-6-7-20-9-10/h3-4,6-9H,2,5H2,1H3,(H,16,18). The van der Waals surface area contributed by atoms with Gasteiger partial charge in [0.2, 0.25) is 5.91 Å². The number of fused-ring (bicyclic) bond motifs is 1. The van der Waals surface area contributed by atoms with Crippen molar-refractivity contribution in [1.82, 2.24) is 4.98 Å². The van der Waals surface area contributed by atoms with E-state index < -0.39 is 0 Å². The molecule has 6 heteroatoms. The minimum atomic E-state index is 0.0511. The topological polar surface area (TPSA) is 42.0 Å². The van der Waals surface area contributed by atoms with E-state index in [1.165, 1.54) is 5.56 Å². The molecule has 0 unspecified atom stereocenters. The zero-order valence-corrected chi connectivity index (χ0v) is 13.9. The van der Waals surface area contributed by atoms with Gasteiger partial charge >= 0.3 is 0 Å². The van der Waals surface area contributed by atoms with Gasteiger partial charge in [-0.3, -0.25) is 4.79 Å². The number of nitrogens with one attached hydrogen (secondary N) is 1. The van der Waals surface area contributed by atoms with Gasteiger partial charge in [-0.1, -0.05) is 11.8 Å². The fourth-order valence-electron chi connectivity index (χ4n) is 1.98. The molecule has 0 atom stereocenters. The molecule has 1 aromatic carbocycles. The second-order valence-electron chi connectivity index (χ2n) is 4.55. The molecule has 108 valence electrons. The summed E-state index contributed by atoms with van der Waals surface area (Å²) in [7, 11) is 0. The van der Waals surface area contributed by atoms with Gasteiger partial charge in [0.25, 0.3) is 0 Å². The predicted octanol–water partition coefficient (Wildman–Crippen LogP) is 4.65. The lowest BCUT2D eigenvalue weighted by atomic mass is 10.2. The number of carbonyl (C=O) groups excluding carboxylic acids is 1. The third-order valence-electron chi connectivity index (χ3n) is 3.05. The van der Waals surface area contributed by atoms with Crippen molar-refractivity contribution in [2.24, 2.45) is 0 Å². The first-order valence-corrected chi connectivity index (χ1v) is 9.48. The van der Waals surface area contributed by atoms with Crippen LogP contribution in [0.1, 0.15) is 12.0 Å². The van der Waals surface area contributed by atoms with Crippen LogP contribution < -0.4 is 5.32 Å². The summed E-state index contributed by atoms with van der Waals surface area (Å²) in [5, 5.41) is 7.08. The first-order chi connectivity index (χ1) is 10.2. The molecule has 0 aliphatic heterocycles. The molecule has 2 heterocycles. The molecule has 2 aromatic heterocycles. The average molecular weight is 334 g/mol. The van der Waals surface area contributed by atoms with E-state index in [0.717, 1.165) is 26.7 Å². The molecule has 0 aliphatic rings. The van der Waals surface area contributed by atoms with Crippen molar-refractivity contribution in [1.29, 1.82) is 0 Å². The van der Waals surface area contributed by atoms with Crippen molar-refractivity contribution >= 4 is 56.2 Å². The smallest absolute Gasteiger partial charge is 0.224 e. The van der Waals surface area contributed by atoms with Crippen LogP contribution in [0.3, 0.4) is 0 Å². The van der Waals surface area contributed by atoms with Gasteiger partial charge in [-0.2, -0.15) is 11.3 Å². The minimum Gasteiger partial charge on any atom is -0.326 e. The normalized spacial score (nSPS) is 10.9. The molecule has 3 rings (SSSR count). The number of thioether (sulfide) groups is 1. The SMILES string of the molecule is CSc1nc2ccc(NC(=O)CCc3ccsc3)cc2s1. The number of rotatable bonds is 5. The van der Waals surface area contributed by atoms with Crippen LogP contribution in [0, 0.1) is 0 Å². The first-order valence-electron chi connectivity index (χ1n) is 6.50. The lowest BCUT2D eigenvalue weighted by molar-refractivity contribution is -0.116. The zero-order chi connectivity index (χ0) is 14.7. The maximum absolute atomic E-state index is 12.0. The summed E-state index contributed by atoms with van der Waals surface area (Å²) in [5.74, 6) is 0.0511. The molecule has 0 radical (unpaired) electrons. The number of thiazole rings is 1. The quantitative estimate of drug-likeness (QED) is 0.691. The molecule has 1 amide bonds. The summed E-state index contributed by atoms with van der Waals surface area (Å²) in [6.45, 7) is 0. The Bertz CT molecular complexity index is 749. The van der Waals surface area contributed by atoms with E-state index in [9.17, 15) is 4.79 Å². The summed E-state index contributed by atoms with van der Waals surface area (Å²) in [4.78, 5) is 16.5. The van der Waals surface area contributed by atoms with Gasteiger partial charge in [-0.15, -0.1) is 11.3 Å². The molecule has 3 aromatic rings. The highest BCUT2D eigenvalue weighted by Gasteiger charge is 2.07. The third kappa shape index (κ3) is 3.64. The first kappa shape index (κ1) is 14.6. The Morgan fingerprint density at radius 3 is 3.05 bits per heavy atom. The number of anilines is 1. The molecule has 1 N–H and O–H groups in total. The van der Waals surface area contributed by atoms with Gasteiger partial charge in [0.1, 0.15) is 0 Å². The van der Waals surface area contributed by atoms with Gasteiger partial charge in [0, 0.05) is 12.1 Å². The minimum absolute atomic E-state index is 0.0511. The van der Waals surface area contributed by atoms with Crippen LogP contribution in [-0.4, -0.2) is 17.1 Å². The fourth-order valence-corrected chi connectivity index (χ4v) is 4.22. The highest BCUT2D eigenvalue weighted by molar-refractivity contribution is 8.00. The number of hydrogen-bond acceptors (Lipinski definition) is 5. The van der Waals surface area contributed by atoms with Crippen LogP contribution in [0.5, 0.6) is 0 Å². The highest BCUT2D eigenvalue weighted by Crippen LogP contribution is 2.30. The lowest BCUT2D eigenvalue weighted by Gasteiger charge is -2.04. The molecule has 0 aliphatic carbocycles. The van der Waals surface area contributed by atoms with Gasteiger partial charge in [-0.25, -0.2) is 4.98 Å². The van der Waals surface area contributed by atoms with Gasteiger partial charge in [0.05, 0.1) is 10.2 Å². The second-order valence-corrected chi connectivity index (χ2v) is 7.41. The van der Waals surface area contributed by atoms with E-state index in [1.807, 2.05) is 29.8 Å². The summed E-state index contributed by atoms with van der Waals surface area (Å²) in [6.07, 6.45) is 3.31. The molecule has 21 heavy (non-hydrogen) atoms. The van der Waals surface area contributed by atoms with E-state index in [0.29, 0.717) is 6.42 Å². The maximum Gasteiger partial charge on any atom is 0.224 e. The van der Waals surface area contributed by atoms with Crippen molar-refractivity contribution in [2.75, 3.05) is 11.6 Å². The van der Waals surface area contributed by atoms with Crippen molar-refractivity contribution in [3.63, 3.8) is 0 Å². The molecule has 3 nitrogen and oxygen atoms in total. The Hall–Kier alpha value is -1.37. The Kier molecular flexibility index (Phi) is 4.57. The van der Waals surface area contributed by atoms with Crippen LogP contribution in [0.25, 0.3) is 10.2 Å². The van der Waals surface area contributed by atoms with E-state index in [4.69, 9.17) is 0 Å². The Morgan fingerprint density at radius 2 is 2.29 bits per heavy atom. The number of hydrogen-bond donors (Lipinski definition) is 1. The van der Waals surface area contributed by atoms with Crippen molar-refractivity contribution in [2.45, 2.75) is 17.2 Å². The molecule has 0 spiro atoms. The van der Waals surface area contributed by atoms with Crippen molar-refractivity contribution < 1.29 is 4.79 Å². The second kappa shape index (κ2) is 6.60. The number of aromatic nitrogens is 1. The molecule has 0 saturated heterocycles. The Morgan fingerprint density at radius 1 is 1.38 bits per heavy atom. The summed E-state index contributed by atoms with van der Waals surface area (Å²) in [6, 6.07) is 7.93. The van der Waals surface area contributed by atoms with Crippen LogP contribution >= 0.6 is 34.4 Å². The van der Waals surface area contributed by atoms with Gasteiger partial charge in [0.15, 0.2) is 4.34 Å². The van der Waals surface area contributed by atoms with Crippen LogP contribution in [-0.2, 0) is 11.2 Å². The lowest BCUT2D eigenvalue weighted by Crippen LogP contribution is -2.11. The largest absolute Gasteiger partial charge is 0.326 e. The number of nitrogens with zero attached hydrogens (tertiary/aromatic N) is 1. The number of amides is 1. The van der Waals surface area contributed by atoms with Gasteiger partial charge in [-0.05, 0) is 53.3 Å². The summed E-state index contributed by atoms with van der Waals surface area (Å²) >= 11 is 4.96. The van der Waals surface area contributed by atoms with Crippen LogP contribution in [0.15, 0.2) is 39.4 Å². The fraction of sp³-hybridized carbons (Fsp3) is 0.200. The van der Waals surface area contributed by atoms with Crippen molar-refractivity contribution in [3.05, 3.63) is 40.6 Å². The molecular weight excluding hydrogens is 320 g/mol. The van der Waals surface area contributed by atoms with Crippen molar-refractivity contribution in [3.8, 4) is 0 Å². The number of aryl methyl sites for hydroxylation is 1. The van der Waals surface area contributed by atoms with E-state index in [-0.39, 0.29) is 5.91 Å². The third-order valence-corrected chi connectivity index (χ3v) is 5.78. The number of thiophene rings is 1. The summed E-state index contributed by atoms with van der Waals surface area (Å²) in [5.41, 5.74) is 3.05. The average Bonchev–Trinajstić information content (AvgIpc) is 3.13. The zero-order valence-electron chi connectivity index (χ0n) is 11.5.